The summed E-state index contributed by atoms with van der Waals surface area (Å²) >= 11 is 3.40. The molecule has 0 unspecified atom stereocenters. The molecule has 0 aliphatic heterocycles. The van der Waals surface area contributed by atoms with Crippen LogP contribution in [0.5, 0.6) is 0 Å². The minimum absolute atomic E-state index is 0.483. The van der Waals surface area contributed by atoms with Crippen molar-refractivity contribution in [3.05, 3.63) is 46.7 Å². The van der Waals surface area contributed by atoms with Crippen LogP contribution < -0.4 is 0 Å². The minimum atomic E-state index is 0.483. The Morgan fingerprint density at radius 2 is 2.00 bits per heavy atom. The van der Waals surface area contributed by atoms with Crippen LogP contribution in [-0.2, 0) is 0 Å². The van der Waals surface area contributed by atoms with Gasteiger partial charge in [0.2, 0.25) is 5.89 Å². The van der Waals surface area contributed by atoms with Crippen LogP contribution in [0.4, 0.5) is 0 Å². The second-order valence-electron chi connectivity index (χ2n) is 4.79. The van der Waals surface area contributed by atoms with E-state index in [2.05, 4.69) is 51.9 Å². The Morgan fingerprint density at radius 1 is 1.16 bits per heavy atom. The standard InChI is InChI=1S/C15H13BrN2O/c1-9(2)10-3-4-14-13(6-10)18-15(19-14)11-5-12(16)8-17-7-11/h3-9H,1-2H3. The van der Waals surface area contributed by atoms with Crippen LogP contribution in [0.2, 0.25) is 0 Å². The first kappa shape index (κ1) is 12.4. The van der Waals surface area contributed by atoms with Crippen LogP contribution >= 0.6 is 15.9 Å². The van der Waals surface area contributed by atoms with E-state index < -0.39 is 0 Å². The average molecular weight is 317 g/mol. The molecule has 0 bridgehead atoms. The summed E-state index contributed by atoms with van der Waals surface area (Å²) in [6, 6.07) is 8.09. The van der Waals surface area contributed by atoms with Crippen molar-refractivity contribution in [3.63, 3.8) is 0 Å². The van der Waals surface area contributed by atoms with Crippen molar-refractivity contribution < 1.29 is 4.42 Å². The van der Waals surface area contributed by atoms with E-state index in [1.807, 2.05) is 12.1 Å². The monoisotopic (exact) mass is 316 g/mol. The summed E-state index contributed by atoms with van der Waals surface area (Å²) in [7, 11) is 0. The summed E-state index contributed by atoms with van der Waals surface area (Å²) in [5.74, 6) is 1.08. The quantitative estimate of drug-likeness (QED) is 0.683. The van der Waals surface area contributed by atoms with Crippen molar-refractivity contribution in [3.8, 4) is 11.5 Å². The molecule has 96 valence electrons. The van der Waals surface area contributed by atoms with Gasteiger partial charge in [0.05, 0.1) is 5.56 Å². The number of rotatable bonds is 2. The van der Waals surface area contributed by atoms with E-state index in [1.54, 1.807) is 12.4 Å². The van der Waals surface area contributed by atoms with E-state index in [-0.39, 0.29) is 0 Å². The number of oxazole rings is 1. The predicted molar refractivity (Wildman–Crippen MR) is 79.0 cm³/mol. The highest BCUT2D eigenvalue weighted by molar-refractivity contribution is 9.10. The summed E-state index contributed by atoms with van der Waals surface area (Å²) < 4.78 is 6.68. The molecule has 0 aliphatic rings. The van der Waals surface area contributed by atoms with Gasteiger partial charge in [-0.15, -0.1) is 0 Å². The second-order valence-corrected chi connectivity index (χ2v) is 5.71. The Labute approximate surface area is 119 Å². The van der Waals surface area contributed by atoms with Gasteiger partial charge in [0.1, 0.15) is 5.52 Å². The maximum atomic E-state index is 5.77. The van der Waals surface area contributed by atoms with Gasteiger partial charge in [-0.1, -0.05) is 19.9 Å². The van der Waals surface area contributed by atoms with Crippen molar-refractivity contribution in [2.75, 3.05) is 0 Å². The third-order valence-electron chi connectivity index (χ3n) is 3.03. The van der Waals surface area contributed by atoms with Gasteiger partial charge >= 0.3 is 0 Å². The molecule has 19 heavy (non-hydrogen) atoms. The SMILES string of the molecule is CC(C)c1ccc2oc(-c3cncc(Br)c3)nc2c1. The molecular formula is C15H13BrN2O. The lowest BCUT2D eigenvalue weighted by Crippen LogP contribution is -1.85. The third-order valence-corrected chi connectivity index (χ3v) is 3.46. The summed E-state index contributed by atoms with van der Waals surface area (Å²) in [6.45, 7) is 4.33. The Bertz CT molecular complexity index is 734. The van der Waals surface area contributed by atoms with E-state index in [0.29, 0.717) is 11.8 Å². The largest absolute Gasteiger partial charge is 0.436 e. The Morgan fingerprint density at radius 3 is 2.74 bits per heavy atom. The van der Waals surface area contributed by atoms with Crippen molar-refractivity contribution in [2.24, 2.45) is 0 Å². The molecule has 4 heteroatoms. The third kappa shape index (κ3) is 2.40. The lowest BCUT2D eigenvalue weighted by Gasteiger charge is -2.02. The zero-order chi connectivity index (χ0) is 13.4. The van der Waals surface area contributed by atoms with E-state index in [4.69, 9.17) is 4.42 Å². The molecule has 0 atom stereocenters. The van der Waals surface area contributed by atoms with Crippen LogP contribution in [0.25, 0.3) is 22.6 Å². The zero-order valence-electron chi connectivity index (χ0n) is 10.7. The summed E-state index contributed by atoms with van der Waals surface area (Å²) in [5.41, 5.74) is 3.83. The first-order chi connectivity index (χ1) is 9.13. The van der Waals surface area contributed by atoms with Gasteiger partial charge in [-0.05, 0) is 45.6 Å². The van der Waals surface area contributed by atoms with Gasteiger partial charge < -0.3 is 4.42 Å². The van der Waals surface area contributed by atoms with Gasteiger partial charge in [-0.2, -0.15) is 0 Å². The van der Waals surface area contributed by atoms with Gasteiger partial charge in [0, 0.05) is 16.9 Å². The predicted octanol–water partition coefficient (Wildman–Crippen LogP) is 4.78. The molecule has 0 spiro atoms. The highest BCUT2D eigenvalue weighted by Crippen LogP contribution is 2.27. The van der Waals surface area contributed by atoms with E-state index in [9.17, 15) is 0 Å². The number of benzene rings is 1. The first-order valence-corrected chi connectivity index (χ1v) is 6.94. The van der Waals surface area contributed by atoms with Gasteiger partial charge in [0.25, 0.3) is 0 Å². The lowest BCUT2D eigenvalue weighted by atomic mass is 10.0. The Kier molecular flexibility index (Phi) is 3.11. The fourth-order valence-corrected chi connectivity index (χ4v) is 2.32. The number of aromatic nitrogens is 2. The van der Waals surface area contributed by atoms with Crippen molar-refractivity contribution in [1.82, 2.24) is 9.97 Å². The number of halogens is 1. The Hall–Kier alpha value is -1.68. The van der Waals surface area contributed by atoms with Crippen molar-refractivity contribution in [2.45, 2.75) is 19.8 Å². The molecule has 1 aromatic carbocycles. The summed E-state index contributed by atoms with van der Waals surface area (Å²) in [5, 5.41) is 0. The molecule has 0 fully saturated rings. The number of hydrogen-bond donors (Lipinski definition) is 0. The normalized spacial score (nSPS) is 11.4. The van der Waals surface area contributed by atoms with Gasteiger partial charge in [0.15, 0.2) is 5.58 Å². The molecule has 3 rings (SSSR count). The molecule has 0 radical (unpaired) electrons. The number of fused-ring (bicyclic) bond motifs is 1. The molecule has 0 saturated heterocycles. The number of nitrogens with zero attached hydrogens (tertiary/aromatic N) is 2. The summed E-state index contributed by atoms with van der Waals surface area (Å²) in [4.78, 5) is 8.67. The maximum absolute atomic E-state index is 5.77. The molecule has 2 heterocycles. The number of pyridine rings is 1. The van der Waals surface area contributed by atoms with E-state index in [1.165, 1.54) is 5.56 Å². The van der Waals surface area contributed by atoms with Crippen LogP contribution in [0.1, 0.15) is 25.3 Å². The highest BCUT2D eigenvalue weighted by Gasteiger charge is 2.10. The molecule has 0 aliphatic carbocycles. The molecular weight excluding hydrogens is 304 g/mol. The summed E-state index contributed by atoms with van der Waals surface area (Å²) in [6.07, 6.45) is 3.49. The van der Waals surface area contributed by atoms with Gasteiger partial charge in [-0.3, -0.25) is 4.98 Å². The molecule has 2 aromatic heterocycles. The van der Waals surface area contributed by atoms with Crippen LogP contribution in [0, 0.1) is 0 Å². The molecule has 3 aromatic rings. The van der Waals surface area contributed by atoms with Crippen molar-refractivity contribution in [1.29, 1.82) is 0 Å². The second kappa shape index (κ2) is 4.78. The fraction of sp³-hybridized carbons (Fsp3) is 0.200. The first-order valence-electron chi connectivity index (χ1n) is 6.15. The van der Waals surface area contributed by atoms with Crippen LogP contribution in [0.15, 0.2) is 45.5 Å². The van der Waals surface area contributed by atoms with Crippen LogP contribution in [0.3, 0.4) is 0 Å². The van der Waals surface area contributed by atoms with Gasteiger partial charge in [-0.25, -0.2) is 4.98 Å². The van der Waals surface area contributed by atoms with E-state index >= 15 is 0 Å². The maximum Gasteiger partial charge on any atom is 0.228 e. The topological polar surface area (TPSA) is 38.9 Å². The molecule has 0 saturated carbocycles. The fourth-order valence-electron chi connectivity index (χ4n) is 1.96. The average Bonchev–Trinajstić information content (AvgIpc) is 2.81. The molecule has 0 amide bonds. The minimum Gasteiger partial charge on any atom is -0.436 e. The molecule has 0 N–H and O–H groups in total. The smallest absolute Gasteiger partial charge is 0.228 e. The lowest BCUT2D eigenvalue weighted by molar-refractivity contribution is 0.619. The van der Waals surface area contributed by atoms with Crippen molar-refractivity contribution >= 4 is 27.0 Å². The van der Waals surface area contributed by atoms with Crippen LogP contribution in [-0.4, -0.2) is 9.97 Å². The number of hydrogen-bond acceptors (Lipinski definition) is 3. The zero-order valence-corrected chi connectivity index (χ0v) is 12.3. The Balaban J connectivity index is 2.11. The molecule has 3 nitrogen and oxygen atoms in total. The van der Waals surface area contributed by atoms with E-state index in [0.717, 1.165) is 21.1 Å². The highest BCUT2D eigenvalue weighted by atomic mass is 79.9.